The van der Waals surface area contributed by atoms with Crippen molar-refractivity contribution in [2.45, 2.75) is 0 Å². The van der Waals surface area contributed by atoms with E-state index in [1.165, 1.54) is 24.3 Å². The van der Waals surface area contributed by atoms with Gasteiger partial charge >= 0.3 is 5.88 Å². The minimum absolute atomic E-state index is 0.222. The molecule has 0 atom stereocenters. The van der Waals surface area contributed by atoms with Gasteiger partial charge in [0.05, 0.1) is 6.07 Å². The van der Waals surface area contributed by atoms with Crippen molar-refractivity contribution in [1.82, 2.24) is 4.98 Å². The summed E-state index contributed by atoms with van der Waals surface area (Å²) in [5, 5.41) is 14.2. The summed E-state index contributed by atoms with van der Waals surface area (Å²) in [7, 11) is 0. The number of furan rings is 1. The fraction of sp³-hybridized carbons (Fsp3) is 0. The fourth-order valence-corrected chi connectivity index (χ4v) is 2.75. The molecular formula is C20H12ClN3O5. The first-order valence-corrected chi connectivity index (χ1v) is 8.75. The number of allylic oxidation sites excluding steroid dienone is 1. The van der Waals surface area contributed by atoms with Gasteiger partial charge < -0.3 is 14.2 Å². The number of hydrogen-bond acceptors (Lipinski definition) is 7. The standard InChI is InChI=1S/C20H12ClN3O5/c21-13-3-9-18-16(11-13)23-20(29-18)22-14-4-1-12(2-5-14)17(25)8-6-15-7-10-19(28-15)24(26)27/h1-11H,(H,22,23)/b8-6+. The minimum atomic E-state index is -0.643. The van der Waals surface area contributed by atoms with E-state index in [1.54, 1.807) is 42.5 Å². The number of ketones is 1. The zero-order valence-electron chi connectivity index (χ0n) is 14.7. The molecule has 8 nitrogen and oxygen atoms in total. The van der Waals surface area contributed by atoms with Gasteiger partial charge in [-0.2, -0.15) is 4.98 Å². The van der Waals surface area contributed by atoms with Crippen LogP contribution in [0.1, 0.15) is 16.1 Å². The van der Waals surface area contributed by atoms with E-state index in [1.807, 2.05) is 0 Å². The number of oxazole rings is 1. The predicted molar refractivity (Wildman–Crippen MR) is 107 cm³/mol. The molecule has 2 aromatic heterocycles. The highest BCUT2D eigenvalue weighted by Crippen LogP contribution is 2.25. The zero-order chi connectivity index (χ0) is 20.4. The second-order valence-electron chi connectivity index (χ2n) is 5.96. The van der Waals surface area contributed by atoms with E-state index >= 15 is 0 Å². The van der Waals surface area contributed by atoms with Crippen LogP contribution in [-0.4, -0.2) is 15.7 Å². The Kier molecular flexibility index (Phi) is 4.84. The van der Waals surface area contributed by atoms with Crippen LogP contribution in [0.5, 0.6) is 0 Å². The average Bonchev–Trinajstić information content (AvgIpc) is 3.33. The van der Waals surface area contributed by atoms with Crippen molar-refractivity contribution < 1.29 is 18.6 Å². The first-order valence-electron chi connectivity index (χ1n) is 8.38. The highest BCUT2D eigenvalue weighted by atomic mass is 35.5. The Labute approximate surface area is 168 Å². The molecule has 0 aliphatic heterocycles. The van der Waals surface area contributed by atoms with Gasteiger partial charge in [-0.15, -0.1) is 0 Å². The van der Waals surface area contributed by atoms with Crippen LogP contribution in [0.25, 0.3) is 17.2 Å². The summed E-state index contributed by atoms with van der Waals surface area (Å²) in [5.41, 5.74) is 2.36. The van der Waals surface area contributed by atoms with Crippen LogP contribution in [-0.2, 0) is 0 Å². The lowest BCUT2D eigenvalue weighted by atomic mass is 10.1. The average molecular weight is 410 g/mol. The van der Waals surface area contributed by atoms with E-state index in [9.17, 15) is 14.9 Å². The first-order chi connectivity index (χ1) is 14.0. The first kappa shape index (κ1) is 18.5. The number of benzene rings is 2. The number of rotatable bonds is 6. The van der Waals surface area contributed by atoms with Crippen molar-refractivity contribution in [2.75, 3.05) is 5.32 Å². The largest absolute Gasteiger partial charge is 0.433 e. The summed E-state index contributed by atoms with van der Waals surface area (Å²) in [6.45, 7) is 0. The third kappa shape index (κ3) is 4.17. The zero-order valence-corrected chi connectivity index (χ0v) is 15.4. The van der Waals surface area contributed by atoms with Crippen LogP contribution < -0.4 is 5.32 Å². The van der Waals surface area contributed by atoms with Gasteiger partial charge in [-0.1, -0.05) is 11.6 Å². The van der Waals surface area contributed by atoms with Crippen LogP contribution in [0.3, 0.4) is 0 Å². The predicted octanol–water partition coefficient (Wildman–Crippen LogP) is 5.62. The van der Waals surface area contributed by atoms with Crippen LogP contribution in [0.2, 0.25) is 5.02 Å². The van der Waals surface area contributed by atoms with Crippen molar-refractivity contribution in [3.05, 3.63) is 87.1 Å². The summed E-state index contributed by atoms with van der Waals surface area (Å²) in [4.78, 5) is 26.5. The molecule has 2 heterocycles. The van der Waals surface area contributed by atoms with Gasteiger partial charge in [0.25, 0.3) is 6.01 Å². The minimum Gasteiger partial charge on any atom is -0.423 e. The van der Waals surface area contributed by atoms with Gasteiger partial charge in [0, 0.05) is 16.3 Å². The number of nitrogens with one attached hydrogen (secondary N) is 1. The Bertz CT molecular complexity index is 1240. The Morgan fingerprint density at radius 2 is 1.90 bits per heavy atom. The van der Waals surface area contributed by atoms with Gasteiger partial charge in [-0.05, 0) is 60.7 Å². The Hall–Kier alpha value is -3.91. The van der Waals surface area contributed by atoms with E-state index in [0.717, 1.165) is 0 Å². The van der Waals surface area contributed by atoms with Gasteiger partial charge in [0.2, 0.25) is 0 Å². The van der Waals surface area contributed by atoms with Crippen LogP contribution >= 0.6 is 11.6 Å². The maximum absolute atomic E-state index is 12.3. The SMILES string of the molecule is O=C(/C=C/c1ccc([N+](=O)[O-])o1)c1ccc(Nc2nc3cc(Cl)ccc3o2)cc1. The molecule has 0 saturated heterocycles. The molecule has 0 saturated carbocycles. The number of carbonyl (C=O) groups excluding carboxylic acids is 1. The number of halogens is 1. The molecule has 4 rings (SSSR count). The second-order valence-corrected chi connectivity index (χ2v) is 6.40. The van der Waals surface area contributed by atoms with Gasteiger partial charge in [0.1, 0.15) is 16.2 Å². The Morgan fingerprint density at radius 1 is 1.10 bits per heavy atom. The summed E-state index contributed by atoms with van der Waals surface area (Å²) in [6.07, 6.45) is 2.67. The molecule has 1 N–H and O–H groups in total. The lowest BCUT2D eigenvalue weighted by Gasteiger charge is -2.02. The molecule has 2 aromatic carbocycles. The molecule has 0 amide bonds. The number of hydrogen-bond donors (Lipinski definition) is 1. The van der Waals surface area contributed by atoms with E-state index in [2.05, 4.69) is 10.3 Å². The number of anilines is 2. The number of nitrogens with zero attached hydrogens (tertiary/aromatic N) is 2. The third-order valence-electron chi connectivity index (χ3n) is 3.96. The lowest BCUT2D eigenvalue weighted by Crippen LogP contribution is -1.95. The summed E-state index contributed by atoms with van der Waals surface area (Å²) < 4.78 is 10.6. The fourth-order valence-electron chi connectivity index (χ4n) is 2.58. The second kappa shape index (κ2) is 7.61. The number of fused-ring (bicyclic) bond motifs is 1. The Balaban J connectivity index is 1.44. The summed E-state index contributed by atoms with van der Waals surface area (Å²) >= 11 is 5.94. The topological polar surface area (TPSA) is 111 Å². The molecular weight excluding hydrogens is 398 g/mol. The monoisotopic (exact) mass is 409 g/mol. The van der Waals surface area contributed by atoms with Gasteiger partial charge in [-0.25, -0.2) is 0 Å². The maximum Gasteiger partial charge on any atom is 0.433 e. The highest BCUT2D eigenvalue weighted by molar-refractivity contribution is 6.31. The Morgan fingerprint density at radius 3 is 2.62 bits per heavy atom. The maximum atomic E-state index is 12.3. The molecule has 0 radical (unpaired) electrons. The molecule has 29 heavy (non-hydrogen) atoms. The lowest BCUT2D eigenvalue weighted by molar-refractivity contribution is -0.402. The molecule has 0 spiro atoms. The van der Waals surface area contributed by atoms with Crippen molar-refractivity contribution in [2.24, 2.45) is 0 Å². The van der Waals surface area contributed by atoms with Crippen molar-refractivity contribution in [3.63, 3.8) is 0 Å². The van der Waals surface area contributed by atoms with Crippen LogP contribution in [0, 0.1) is 10.1 Å². The molecule has 0 unspecified atom stereocenters. The van der Waals surface area contributed by atoms with E-state index < -0.39 is 4.92 Å². The van der Waals surface area contributed by atoms with Crippen LogP contribution in [0.4, 0.5) is 17.6 Å². The van der Waals surface area contributed by atoms with Crippen molar-refractivity contribution >= 4 is 52.1 Å². The smallest absolute Gasteiger partial charge is 0.423 e. The van der Waals surface area contributed by atoms with Gasteiger partial charge in [0.15, 0.2) is 11.4 Å². The summed E-state index contributed by atoms with van der Waals surface area (Å²) in [6, 6.07) is 14.8. The van der Waals surface area contributed by atoms with Crippen molar-refractivity contribution in [3.8, 4) is 0 Å². The molecule has 4 aromatic rings. The highest BCUT2D eigenvalue weighted by Gasteiger charge is 2.11. The number of nitro groups is 1. The quantitative estimate of drug-likeness (QED) is 0.190. The number of aromatic nitrogens is 1. The van der Waals surface area contributed by atoms with Crippen molar-refractivity contribution in [1.29, 1.82) is 0 Å². The van der Waals surface area contributed by atoms with Crippen LogP contribution in [0.15, 0.2) is 69.5 Å². The van der Waals surface area contributed by atoms with E-state index in [-0.39, 0.29) is 17.4 Å². The van der Waals surface area contributed by atoms with E-state index in [0.29, 0.717) is 33.4 Å². The normalized spacial score (nSPS) is 11.2. The number of carbonyl (C=O) groups is 1. The summed E-state index contributed by atoms with van der Waals surface area (Å²) in [5.74, 6) is -0.430. The molecule has 0 aliphatic rings. The molecule has 144 valence electrons. The molecule has 0 fully saturated rings. The molecule has 0 aliphatic carbocycles. The van der Waals surface area contributed by atoms with Gasteiger partial charge in [-0.3, -0.25) is 14.9 Å². The van der Waals surface area contributed by atoms with E-state index in [4.69, 9.17) is 20.4 Å². The molecule has 0 bridgehead atoms. The molecule has 9 heteroatoms. The third-order valence-corrected chi connectivity index (χ3v) is 4.20.